The van der Waals surface area contributed by atoms with Crippen LogP contribution in [0.5, 0.6) is 0 Å². The van der Waals surface area contributed by atoms with Gasteiger partial charge >= 0.3 is 0 Å². The molecule has 2 aliphatic rings. The number of carbonyl (C=O) groups excluding carboxylic acids is 1. The van der Waals surface area contributed by atoms with Crippen LogP contribution < -0.4 is 16.0 Å². The van der Waals surface area contributed by atoms with Gasteiger partial charge in [0, 0.05) is 25.2 Å². The average Bonchev–Trinajstić information content (AvgIpc) is 3.30. The van der Waals surface area contributed by atoms with Crippen molar-refractivity contribution in [3.8, 4) is 0 Å². The van der Waals surface area contributed by atoms with E-state index >= 15 is 0 Å². The van der Waals surface area contributed by atoms with Crippen LogP contribution in [0.1, 0.15) is 42.6 Å². The van der Waals surface area contributed by atoms with Gasteiger partial charge in [-0.2, -0.15) is 0 Å². The average molecular weight is 275 g/mol. The predicted octanol–water partition coefficient (Wildman–Crippen LogP) is 0.686. The molecule has 1 saturated carbocycles. The Morgan fingerprint density at radius 2 is 2.15 bits per heavy atom. The minimum Gasteiger partial charge on any atom is -0.364 e. The first-order valence-corrected chi connectivity index (χ1v) is 7.37. The fourth-order valence-corrected chi connectivity index (χ4v) is 2.71. The summed E-state index contributed by atoms with van der Waals surface area (Å²) in [5.41, 5.74) is 5.41. The van der Waals surface area contributed by atoms with E-state index in [0.29, 0.717) is 6.04 Å². The van der Waals surface area contributed by atoms with Gasteiger partial charge in [0.2, 0.25) is 0 Å². The highest BCUT2D eigenvalue weighted by Gasteiger charge is 2.27. The van der Waals surface area contributed by atoms with Gasteiger partial charge in [-0.05, 0) is 44.2 Å². The maximum absolute atomic E-state index is 11.0. The van der Waals surface area contributed by atoms with Crippen LogP contribution >= 0.6 is 0 Å². The lowest BCUT2D eigenvalue weighted by molar-refractivity contribution is 0.0994. The van der Waals surface area contributed by atoms with E-state index < -0.39 is 5.91 Å². The number of hydrogen-bond acceptors (Lipinski definition) is 5. The van der Waals surface area contributed by atoms with E-state index in [4.69, 9.17) is 5.73 Å². The van der Waals surface area contributed by atoms with Gasteiger partial charge in [0.15, 0.2) is 11.5 Å². The molecule has 3 rings (SSSR count). The molecule has 1 amide bonds. The molecule has 108 valence electrons. The van der Waals surface area contributed by atoms with Gasteiger partial charge in [0.25, 0.3) is 5.91 Å². The first-order chi connectivity index (χ1) is 9.74. The Hall–Kier alpha value is -1.69. The lowest BCUT2D eigenvalue weighted by Gasteiger charge is -2.36. The molecule has 1 saturated heterocycles. The van der Waals surface area contributed by atoms with Crippen molar-refractivity contribution in [2.24, 2.45) is 5.73 Å². The summed E-state index contributed by atoms with van der Waals surface area (Å²) in [5, 5.41) is 11.7. The first-order valence-electron chi connectivity index (χ1n) is 7.37. The largest absolute Gasteiger partial charge is 0.364 e. The summed E-state index contributed by atoms with van der Waals surface area (Å²) >= 11 is 0. The molecule has 0 spiro atoms. The highest BCUT2D eigenvalue weighted by atomic mass is 16.1. The molecule has 1 atom stereocenters. The topological polar surface area (TPSA) is 84.1 Å². The number of primary amides is 1. The van der Waals surface area contributed by atoms with E-state index in [1.54, 1.807) is 6.07 Å². The summed E-state index contributed by atoms with van der Waals surface area (Å²) in [7, 11) is 0. The van der Waals surface area contributed by atoms with E-state index in [9.17, 15) is 4.79 Å². The molecule has 0 bridgehead atoms. The third kappa shape index (κ3) is 3.07. The lowest BCUT2D eigenvalue weighted by Crippen LogP contribution is -2.46. The van der Waals surface area contributed by atoms with Crippen molar-refractivity contribution in [1.29, 1.82) is 0 Å². The summed E-state index contributed by atoms with van der Waals surface area (Å²) in [5.74, 6) is 0.312. The van der Waals surface area contributed by atoms with Crippen molar-refractivity contribution >= 4 is 11.7 Å². The van der Waals surface area contributed by atoms with Gasteiger partial charge in [0.05, 0.1) is 0 Å². The molecule has 3 N–H and O–H groups in total. The van der Waals surface area contributed by atoms with Crippen molar-refractivity contribution in [1.82, 2.24) is 15.5 Å². The van der Waals surface area contributed by atoms with Gasteiger partial charge in [-0.15, -0.1) is 10.2 Å². The number of rotatable bonds is 5. The van der Waals surface area contributed by atoms with E-state index in [1.165, 1.54) is 32.1 Å². The summed E-state index contributed by atoms with van der Waals surface area (Å²) in [6.07, 6.45) is 6.23. The van der Waals surface area contributed by atoms with Crippen LogP contribution in [0.15, 0.2) is 12.1 Å². The van der Waals surface area contributed by atoms with Crippen LogP contribution in [-0.2, 0) is 0 Å². The number of hydrogen-bond donors (Lipinski definition) is 2. The Labute approximate surface area is 118 Å². The van der Waals surface area contributed by atoms with E-state index in [0.717, 1.165) is 24.9 Å². The molecule has 2 heterocycles. The highest BCUT2D eigenvalue weighted by Crippen LogP contribution is 2.24. The Morgan fingerprint density at radius 3 is 2.80 bits per heavy atom. The van der Waals surface area contributed by atoms with E-state index in [2.05, 4.69) is 20.4 Å². The molecule has 1 aliphatic carbocycles. The predicted molar refractivity (Wildman–Crippen MR) is 76.6 cm³/mol. The number of carbonyl (C=O) groups is 1. The number of nitrogens with two attached hydrogens (primary N) is 1. The molecule has 1 unspecified atom stereocenters. The van der Waals surface area contributed by atoms with Gasteiger partial charge in [-0.1, -0.05) is 0 Å². The van der Waals surface area contributed by atoms with Crippen molar-refractivity contribution in [2.45, 2.75) is 44.2 Å². The van der Waals surface area contributed by atoms with Crippen LogP contribution in [0.4, 0.5) is 5.82 Å². The van der Waals surface area contributed by atoms with Crippen molar-refractivity contribution < 1.29 is 4.79 Å². The lowest BCUT2D eigenvalue weighted by atomic mass is 10.0. The van der Waals surface area contributed by atoms with Crippen LogP contribution in [0.2, 0.25) is 0 Å². The number of nitrogens with one attached hydrogen (secondary N) is 1. The number of nitrogens with zero attached hydrogens (tertiary/aromatic N) is 3. The summed E-state index contributed by atoms with van der Waals surface area (Å²) in [6.45, 7) is 2.01. The Balaban J connectivity index is 1.69. The smallest absolute Gasteiger partial charge is 0.269 e. The molecule has 6 heteroatoms. The number of anilines is 1. The molecule has 2 fully saturated rings. The Morgan fingerprint density at radius 1 is 1.30 bits per heavy atom. The standard InChI is InChI=1S/C14H21N5O/c15-14(20)12-6-7-13(18-17-12)19-8-2-1-3-11(19)9-16-10-4-5-10/h6-7,10-11,16H,1-5,8-9H2,(H2,15,20). The second-order valence-corrected chi connectivity index (χ2v) is 5.67. The molecule has 1 aromatic rings. The van der Waals surface area contributed by atoms with Crippen LogP contribution in [0, 0.1) is 0 Å². The fraction of sp³-hybridized carbons (Fsp3) is 0.643. The fourth-order valence-electron chi connectivity index (χ4n) is 2.71. The van der Waals surface area contributed by atoms with Crippen LogP contribution in [-0.4, -0.2) is 41.3 Å². The number of aromatic nitrogens is 2. The normalized spacial score (nSPS) is 22.8. The quantitative estimate of drug-likeness (QED) is 0.826. The van der Waals surface area contributed by atoms with E-state index in [1.807, 2.05) is 6.07 Å². The van der Waals surface area contributed by atoms with Gasteiger partial charge in [-0.25, -0.2) is 0 Å². The van der Waals surface area contributed by atoms with Crippen molar-refractivity contribution in [3.05, 3.63) is 17.8 Å². The van der Waals surface area contributed by atoms with Gasteiger partial charge < -0.3 is 16.0 Å². The summed E-state index contributed by atoms with van der Waals surface area (Å²) in [6, 6.07) is 4.70. The van der Waals surface area contributed by atoms with Gasteiger partial charge in [-0.3, -0.25) is 4.79 Å². The van der Waals surface area contributed by atoms with E-state index in [-0.39, 0.29) is 5.69 Å². The van der Waals surface area contributed by atoms with Crippen molar-refractivity contribution in [2.75, 3.05) is 18.0 Å². The zero-order valence-corrected chi connectivity index (χ0v) is 11.6. The monoisotopic (exact) mass is 275 g/mol. The third-order valence-electron chi connectivity index (χ3n) is 4.04. The minimum absolute atomic E-state index is 0.221. The molecule has 1 aromatic heterocycles. The zero-order chi connectivity index (χ0) is 13.9. The minimum atomic E-state index is -0.533. The molecule has 0 aromatic carbocycles. The molecule has 20 heavy (non-hydrogen) atoms. The SMILES string of the molecule is NC(=O)c1ccc(N2CCCCC2CNC2CC2)nn1. The van der Waals surface area contributed by atoms with Gasteiger partial charge in [0.1, 0.15) is 0 Å². The van der Waals surface area contributed by atoms with Crippen LogP contribution in [0.3, 0.4) is 0 Å². The maximum Gasteiger partial charge on any atom is 0.269 e. The second-order valence-electron chi connectivity index (χ2n) is 5.67. The maximum atomic E-state index is 11.0. The molecular formula is C14H21N5O. The molecule has 6 nitrogen and oxygen atoms in total. The molecule has 0 radical (unpaired) electrons. The number of piperidine rings is 1. The highest BCUT2D eigenvalue weighted by molar-refractivity contribution is 5.90. The first kappa shape index (κ1) is 13.3. The zero-order valence-electron chi connectivity index (χ0n) is 11.6. The third-order valence-corrected chi connectivity index (χ3v) is 4.04. The van der Waals surface area contributed by atoms with Crippen LogP contribution in [0.25, 0.3) is 0 Å². The Bertz CT molecular complexity index is 471. The summed E-state index contributed by atoms with van der Waals surface area (Å²) in [4.78, 5) is 13.3. The number of amides is 1. The second kappa shape index (κ2) is 5.75. The van der Waals surface area contributed by atoms with Crippen molar-refractivity contribution in [3.63, 3.8) is 0 Å². The summed E-state index contributed by atoms with van der Waals surface area (Å²) < 4.78 is 0. The molecular weight excluding hydrogens is 254 g/mol. The molecule has 1 aliphatic heterocycles. The Kier molecular flexibility index (Phi) is 3.82.